The molecule has 0 saturated heterocycles. The fourth-order valence-electron chi connectivity index (χ4n) is 1.67. The van der Waals surface area contributed by atoms with Crippen LogP contribution >= 0.6 is 0 Å². The van der Waals surface area contributed by atoms with E-state index in [1.54, 1.807) is 6.92 Å². The molecule has 1 aliphatic heterocycles. The second-order valence-corrected chi connectivity index (χ2v) is 3.55. The van der Waals surface area contributed by atoms with Crippen molar-refractivity contribution in [1.82, 2.24) is 0 Å². The third-order valence-electron chi connectivity index (χ3n) is 2.42. The number of ether oxygens (including phenoxy) is 1. The van der Waals surface area contributed by atoms with Crippen LogP contribution in [0.15, 0.2) is 46.8 Å². The Morgan fingerprint density at radius 1 is 1.35 bits per heavy atom. The highest BCUT2D eigenvalue weighted by molar-refractivity contribution is 6.29. The van der Waals surface area contributed by atoms with Crippen molar-refractivity contribution in [3.63, 3.8) is 0 Å². The van der Waals surface area contributed by atoms with Gasteiger partial charge in [-0.1, -0.05) is 35.5 Å². The summed E-state index contributed by atoms with van der Waals surface area (Å²) < 4.78 is 5.35. The number of oxime groups is 1. The van der Waals surface area contributed by atoms with E-state index in [2.05, 4.69) is 5.16 Å². The number of carbonyl (C=O) groups is 1. The Labute approximate surface area is 99.5 Å². The summed E-state index contributed by atoms with van der Waals surface area (Å²) in [5.41, 5.74) is 1.77. The van der Waals surface area contributed by atoms with Crippen LogP contribution in [-0.2, 0) is 14.4 Å². The smallest absolute Gasteiger partial charge is 0.371 e. The summed E-state index contributed by atoms with van der Waals surface area (Å²) in [5.74, 6) is 0.0763. The van der Waals surface area contributed by atoms with Crippen molar-refractivity contribution in [3.8, 4) is 0 Å². The molecular formula is C13H13NO3. The van der Waals surface area contributed by atoms with Crippen molar-refractivity contribution in [2.45, 2.75) is 13.8 Å². The molecule has 0 atom stereocenters. The third-order valence-corrected chi connectivity index (χ3v) is 2.42. The molecule has 0 aliphatic carbocycles. The van der Waals surface area contributed by atoms with Gasteiger partial charge in [-0.2, -0.15) is 0 Å². The molecule has 1 aromatic carbocycles. The molecule has 0 amide bonds. The summed E-state index contributed by atoms with van der Waals surface area (Å²) in [6, 6.07) is 9.42. The van der Waals surface area contributed by atoms with Gasteiger partial charge < -0.3 is 9.57 Å². The third kappa shape index (κ3) is 2.20. The number of allylic oxidation sites excluding steroid dienone is 1. The molecule has 0 unspecified atom stereocenters. The Bertz CT molecular complexity index is 489. The van der Waals surface area contributed by atoms with E-state index in [-0.39, 0.29) is 0 Å². The van der Waals surface area contributed by atoms with Gasteiger partial charge in [-0.05, 0) is 13.8 Å². The van der Waals surface area contributed by atoms with Crippen molar-refractivity contribution in [3.05, 3.63) is 47.2 Å². The maximum atomic E-state index is 11.6. The van der Waals surface area contributed by atoms with E-state index in [9.17, 15) is 4.79 Å². The predicted molar refractivity (Wildman–Crippen MR) is 63.4 cm³/mol. The zero-order chi connectivity index (χ0) is 12.3. The van der Waals surface area contributed by atoms with Gasteiger partial charge in [-0.15, -0.1) is 0 Å². The lowest BCUT2D eigenvalue weighted by Gasteiger charge is -2.06. The average Bonchev–Trinajstić information content (AvgIpc) is 2.73. The normalized spacial score (nSPS) is 17.5. The number of nitrogens with zero attached hydrogens (tertiary/aromatic N) is 1. The first-order chi connectivity index (χ1) is 8.24. The number of hydrogen-bond acceptors (Lipinski definition) is 4. The van der Waals surface area contributed by atoms with Gasteiger partial charge >= 0.3 is 5.97 Å². The van der Waals surface area contributed by atoms with Crippen LogP contribution in [-0.4, -0.2) is 18.3 Å². The Hall–Kier alpha value is -2.10. The number of carbonyl (C=O) groups excluding carboxylic acids is 1. The van der Waals surface area contributed by atoms with Crippen LogP contribution in [0.3, 0.4) is 0 Å². The molecule has 0 aromatic heterocycles. The SMILES string of the molecule is CCOC(C)=C1C(=O)ON=C1c1ccccc1. The van der Waals surface area contributed by atoms with E-state index in [0.29, 0.717) is 23.7 Å². The second-order valence-electron chi connectivity index (χ2n) is 3.55. The Morgan fingerprint density at radius 3 is 2.71 bits per heavy atom. The molecule has 2 rings (SSSR count). The van der Waals surface area contributed by atoms with Crippen molar-refractivity contribution in [2.75, 3.05) is 6.61 Å². The van der Waals surface area contributed by atoms with E-state index in [0.717, 1.165) is 5.56 Å². The molecule has 0 spiro atoms. The zero-order valence-corrected chi connectivity index (χ0v) is 9.77. The Balaban J connectivity index is 2.41. The van der Waals surface area contributed by atoms with Crippen LogP contribution < -0.4 is 0 Å². The van der Waals surface area contributed by atoms with Gasteiger partial charge in [0.25, 0.3) is 0 Å². The van der Waals surface area contributed by atoms with Crippen LogP contribution in [0.1, 0.15) is 19.4 Å². The minimum absolute atomic E-state index is 0.401. The molecule has 4 heteroatoms. The minimum atomic E-state index is -0.463. The lowest BCUT2D eigenvalue weighted by molar-refractivity contribution is -0.137. The molecule has 0 radical (unpaired) electrons. The van der Waals surface area contributed by atoms with Crippen LogP contribution in [0, 0.1) is 0 Å². The lowest BCUT2D eigenvalue weighted by atomic mass is 10.0. The number of rotatable bonds is 3. The van der Waals surface area contributed by atoms with E-state index >= 15 is 0 Å². The molecule has 88 valence electrons. The monoisotopic (exact) mass is 231 g/mol. The van der Waals surface area contributed by atoms with E-state index in [1.165, 1.54) is 0 Å². The van der Waals surface area contributed by atoms with Crippen LogP contribution in [0.2, 0.25) is 0 Å². The first kappa shape index (κ1) is 11.4. The highest BCUT2D eigenvalue weighted by atomic mass is 16.7. The summed E-state index contributed by atoms with van der Waals surface area (Å²) in [4.78, 5) is 16.3. The molecule has 0 N–H and O–H groups in total. The number of hydrogen-bond donors (Lipinski definition) is 0. The van der Waals surface area contributed by atoms with Crippen LogP contribution in [0.25, 0.3) is 0 Å². The summed E-state index contributed by atoms with van der Waals surface area (Å²) >= 11 is 0. The van der Waals surface area contributed by atoms with E-state index in [1.807, 2.05) is 37.3 Å². The zero-order valence-electron chi connectivity index (χ0n) is 9.77. The number of benzene rings is 1. The molecule has 0 fully saturated rings. The van der Waals surface area contributed by atoms with Crippen molar-refractivity contribution < 1.29 is 14.4 Å². The Kier molecular flexibility index (Phi) is 3.23. The molecule has 1 heterocycles. The maximum Gasteiger partial charge on any atom is 0.371 e. The van der Waals surface area contributed by atoms with Crippen molar-refractivity contribution in [1.29, 1.82) is 0 Å². The molecule has 0 saturated carbocycles. The van der Waals surface area contributed by atoms with Crippen LogP contribution in [0.4, 0.5) is 0 Å². The summed E-state index contributed by atoms with van der Waals surface area (Å²) in [5, 5.41) is 3.80. The largest absolute Gasteiger partial charge is 0.498 e. The summed E-state index contributed by atoms with van der Waals surface area (Å²) in [6.45, 7) is 4.11. The first-order valence-corrected chi connectivity index (χ1v) is 5.43. The van der Waals surface area contributed by atoms with Crippen molar-refractivity contribution >= 4 is 11.7 Å². The molecular weight excluding hydrogens is 218 g/mol. The Morgan fingerprint density at radius 2 is 2.06 bits per heavy atom. The molecule has 1 aliphatic rings. The van der Waals surface area contributed by atoms with E-state index in [4.69, 9.17) is 9.57 Å². The molecule has 17 heavy (non-hydrogen) atoms. The molecule has 1 aromatic rings. The summed E-state index contributed by atoms with van der Waals surface area (Å²) in [6.07, 6.45) is 0. The van der Waals surface area contributed by atoms with Crippen LogP contribution in [0.5, 0.6) is 0 Å². The molecule has 4 nitrogen and oxygen atoms in total. The van der Waals surface area contributed by atoms with Gasteiger partial charge in [0.2, 0.25) is 0 Å². The van der Waals surface area contributed by atoms with Gasteiger partial charge in [0, 0.05) is 5.56 Å². The first-order valence-electron chi connectivity index (χ1n) is 5.43. The van der Waals surface area contributed by atoms with Gasteiger partial charge in [0.1, 0.15) is 17.0 Å². The highest BCUT2D eigenvalue weighted by Gasteiger charge is 2.29. The minimum Gasteiger partial charge on any atom is -0.498 e. The van der Waals surface area contributed by atoms with Gasteiger partial charge in [0.05, 0.1) is 6.61 Å². The standard InChI is InChI=1S/C13H13NO3/c1-3-16-9(2)11-12(14-17-13(11)15)10-7-5-4-6-8-10/h4-8H,3H2,1-2H3. The quantitative estimate of drug-likeness (QED) is 0.455. The fraction of sp³-hybridized carbons (Fsp3) is 0.231. The van der Waals surface area contributed by atoms with Crippen molar-refractivity contribution in [2.24, 2.45) is 5.16 Å². The topological polar surface area (TPSA) is 47.9 Å². The lowest BCUT2D eigenvalue weighted by Crippen LogP contribution is -2.10. The predicted octanol–water partition coefficient (Wildman–Crippen LogP) is 2.26. The van der Waals surface area contributed by atoms with Gasteiger partial charge in [-0.25, -0.2) is 4.79 Å². The fourth-order valence-corrected chi connectivity index (χ4v) is 1.67. The highest BCUT2D eigenvalue weighted by Crippen LogP contribution is 2.21. The summed E-state index contributed by atoms with van der Waals surface area (Å²) in [7, 11) is 0. The maximum absolute atomic E-state index is 11.6. The average molecular weight is 231 g/mol. The van der Waals surface area contributed by atoms with E-state index < -0.39 is 5.97 Å². The molecule has 0 bridgehead atoms. The van der Waals surface area contributed by atoms with Gasteiger partial charge in [0.15, 0.2) is 0 Å². The second kappa shape index (κ2) is 4.82. The van der Waals surface area contributed by atoms with Gasteiger partial charge in [-0.3, -0.25) is 0 Å².